The van der Waals surface area contributed by atoms with Crippen LogP contribution >= 0.6 is 11.6 Å². The van der Waals surface area contributed by atoms with Crippen LogP contribution in [0.5, 0.6) is 0 Å². The van der Waals surface area contributed by atoms with Gasteiger partial charge in [0.25, 0.3) is 5.91 Å². The van der Waals surface area contributed by atoms with Gasteiger partial charge in [-0.15, -0.1) is 0 Å². The number of rotatable bonds is 3. The molecule has 0 spiro atoms. The molecule has 0 saturated carbocycles. The Kier molecular flexibility index (Phi) is 4.95. The van der Waals surface area contributed by atoms with Gasteiger partial charge in [0.1, 0.15) is 0 Å². The highest BCUT2D eigenvalue weighted by molar-refractivity contribution is 6.34. The minimum absolute atomic E-state index is 0.130. The Hall–Kier alpha value is -2.47. The first kappa shape index (κ1) is 16.9. The maximum atomic E-state index is 13.3. The fourth-order valence-corrected chi connectivity index (χ4v) is 2.16. The highest BCUT2D eigenvalue weighted by Gasteiger charge is 2.18. The topological polar surface area (TPSA) is 49.4 Å². The van der Waals surface area contributed by atoms with Gasteiger partial charge in [-0.2, -0.15) is 0 Å². The zero-order valence-corrected chi connectivity index (χ0v) is 13.1. The first-order valence-corrected chi connectivity index (χ1v) is 6.97. The fraction of sp³-hybridized carbons (Fsp3) is 0.125. The van der Waals surface area contributed by atoms with Gasteiger partial charge in [0.15, 0.2) is 11.6 Å². The van der Waals surface area contributed by atoms with Crippen molar-refractivity contribution in [3.63, 3.8) is 0 Å². The lowest BCUT2D eigenvalue weighted by atomic mass is 10.1. The Labute approximate surface area is 136 Å². The van der Waals surface area contributed by atoms with Gasteiger partial charge in [0.05, 0.1) is 10.6 Å². The van der Waals surface area contributed by atoms with Gasteiger partial charge in [0, 0.05) is 31.4 Å². The highest BCUT2D eigenvalue weighted by atomic mass is 35.5. The van der Waals surface area contributed by atoms with Crippen LogP contribution in [-0.2, 0) is 4.79 Å². The van der Waals surface area contributed by atoms with E-state index in [-0.39, 0.29) is 22.2 Å². The molecule has 120 valence electrons. The standard InChI is InChI=1S/C16H13ClF2N2O2/c1-9(22)20-10-3-5-13(17)12(7-10)16(23)21(2)11-4-6-14(18)15(19)8-11/h3-8H,1-2H3,(H,20,22). The number of amides is 2. The van der Waals surface area contributed by atoms with Gasteiger partial charge < -0.3 is 10.2 Å². The normalized spacial score (nSPS) is 10.3. The molecular weight excluding hydrogens is 326 g/mol. The molecule has 23 heavy (non-hydrogen) atoms. The van der Waals surface area contributed by atoms with E-state index in [1.807, 2.05) is 0 Å². The van der Waals surface area contributed by atoms with Crippen LogP contribution < -0.4 is 10.2 Å². The number of halogens is 3. The van der Waals surface area contributed by atoms with Crippen LogP contribution in [0.2, 0.25) is 5.02 Å². The number of anilines is 2. The average Bonchev–Trinajstić information content (AvgIpc) is 2.50. The summed E-state index contributed by atoms with van der Waals surface area (Å²) >= 11 is 6.02. The monoisotopic (exact) mass is 338 g/mol. The van der Waals surface area contributed by atoms with Gasteiger partial charge in [-0.25, -0.2) is 8.78 Å². The summed E-state index contributed by atoms with van der Waals surface area (Å²) in [5.74, 6) is -2.87. The van der Waals surface area contributed by atoms with Crippen molar-refractivity contribution < 1.29 is 18.4 Å². The Morgan fingerprint density at radius 2 is 1.78 bits per heavy atom. The molecule has 2 aromatic rings. The highest BCUT2D eigenvalue weighted by Crippen LogP contribution is 2.25. The summed E-state index contributed by atoms with van der Waals surface area (Å²) < 4.78 is 26.3. The molecule has 2 aromatic carbocycles. The molecule has 2 rings (SSSR count). The molecule has 0 aliphatic rings. The van der Waals surface area contributed by atoms with Crippen molar-refractivity contribution in [3.05, 3.63) is 58.6 Å². The summed E-state index contributed by atoms with van der Waals surface area (Å²) in [7, 11) is 1.41. The third-order valence-corrected chi connectivity index (χ3v) is 3.44. The molecule has 0 heterocycles. The van der Waals surface area contributed by atoms with E-state index in [0.29, 0.717) is 5.69 Å². The van der Waals surface area contributed by atoms with E-state index >= 15 is 0 Å². The van der Waals surface area contributed by atoms with Crippen LogP contribution in [0.3, 0.4) is 0 Å². The maximum Gasteiger partial charge on any atom is 0.259 e. The number of nitrogens with zero attached hydrogens (tertiary/aromatic N) is 1. The van der Waals surface area contributed by atoms with E-state index in [4.69, 9.17) is 11.6 Å². The van der Waals surface area contributed by atoms with Crippen molar-refractivity contribution in [2.24, 2.45) is 0 Å². The molecule has 7 heteroatoms. The molecule has 0 aliphatic heterocycles. The number of carbonyl (C=O) groups excluding carboxylic acids is 2. The summed E-state index contributed by atoms with van der Waals surface area (Å²) in [6.07, 6.45) is 0. The van der Waals surface area contributed by atoms with E-state index in [1.165, 1.54) is 32.2 Å². The summed E-state index contributed by atoms with van der Waals surface area (Å²) in [5.41, 5.74) is 0.712. The van der Waals surface area contributed by atoms with Gasteiger partial charge in [0.2, 0.25) is 5.91 Å². The van der Waals surface area contributed by atoms with Crippen LogP contribution in [0, 0.1) is 11.6 Å². The third-order valence-electron chi connectivity index (χ3n) is 3.11. The van der Waals surface area contributed by atoms with E-state index < -0.39 is 17.5 Å². The Bertz CT molecular complexity index is 781. The molecule has 0 aliphatic carbocycles. The van der Waals surface area contributed by atoms with Gasteiger partial charge in [-0.05, 0) is 30.3 Å². The Balaban J connectivity index is 2.35. The largest absolute Gasteiger partial charge is 0.326 e. The molecule has 0 radical (unpaired) electrons. The molecule has 0 atom stereocenters. The van der Waals surface area contributed by atoms with Crippen LogP contribution in [0.15, 0.2) is 36.4 Å². The van der Waals surface area contributed by atoms with Crippen LogP contribution in [0.1, 0.15) is 17.3 Å². The summed E-state index contributed by atoms with van der Waals surface area (Å²) in [6.45, 7) is 1.34. The zero-order chi connectivity index (χ0) is 17.1. The molecule has 0 bridgehead atoms. The smallest absolute Gasteiger partial charge is 0.259 e. The second kappa shape index (κ2) is 6.75. The lowest BCUT2D eigenvalue weighted by molar-refractivity contribution is -0.114. The molecule has 0 fully saturated rings. The van der Waals surface area contributed by atoms with Gasteiger partial charge in [-0.3, -0.25) is 9.59 Å². The number of hydrogen-bond donors (Lipinski definition) is 1. The summed E-state index contributed by atoms with van der Waals surface area (Å²) in [6, 6.07) is 7.57. The number of benzene rings is 2. The molecule has 0 aromatic heterocycles. The van der Waals surface area contributed by atoms with Gasteiger partial charge >= 0.3 is 0 Å². The van der Waals surface area contributed by atoms with Gasteiger partial charge in [-0.1, -0.05) is 11.6 Å². The number of carbonyl (C=O) groups is 2. The molecule has 0 saturated heterocycles. The summed E-state index contributed by atoms with van der Waals surface area (Å²) in [4.78, 5) is 24.7. The fourth-order valence-electron chi connectivity index (χ4n) is 1.96. The van der Waals surface area contributed by atoms with E-state index in [2.05, 4.69) is 5.32 Å². The minimum atomic E-state index is -1.06. The van der Waals surface area contributed by atoms with E-state index in [1.54, 1.807) is 6.07 Å². The Morgan fingerprint density at radius 3 is 2.39 bits per heavy atom. The van der Waals surface area contributed by atoms with E-state index in [9.17, 15) is 18.4 Å². The van der Waals surface area contributed by atoms with Crippen molar-refractivity contribution in [1.29, 1.82) is 0 Å². The second-order valence-corrected chi connectivity index (χ2v) is 5.25. The lowest BCUT2D eigenvalue weighted by Gasteiger charge is -2.19. The second-order valence-electron chi connectivity index (χ2n) is 4.84. The third kappa shape index (κ3) is 3.84. The molecular formula is C16H13ClF2N2O2. The zero-order valence-electron chi connectivity index (χ0n) is 12.4. The molecule has 1 N–H and O–H groups in total. The van der Waals surface area contributed by atoms with E-state index in [0.717, 1.165) is 17.0 Å². The molecule has 0 unspecified atom stereocenters. The minimum Gasteiger partial charge on any atom is -0.326 e. The van der Waals surface area contributed by atoms with Crippen LogP contribution in [0.4, 0.5) is 20.2 Å². The van der Waals surface area contributed by atoms with Crippen molar-refractivity contribution in [3.8, 4) is 0 Å². The lowest BCUT2D eigenvalue weighted by Crippen LogP contribution is -2.26. The van der Waals surface area contributed by atoms with Crippen LogP contribution in [-0.4, -0.2) is 18.9 Å². The average molecular weight is 339 g/mol. The van der Waals surface area contributed by atoms with Crippen molar-refractivity contribution in [2.75, 3.05) is 17.3 Å². The molecule has 2 amide bonds. The summed E-state index contributed by atoms with van der Waals surface area (Å²) in [5, 5.41) is 2.72. The van der Waals surface area contributed by atoms with Crippen molar-refractivity contribution in [2.45, 2.75) is 6.92 Å². The van der Waals surface area contributed by atoms with Crippen molar-refractivity contribution >= 4 is 34.8 Å². The maximum absolute atomic E-state index is 13.3. The predicted molar refractivity (Wildman–Crippen MR) is 84.8 cm³/mol. The predicted octanol–water partition coefficient (Wildman–Crippen LogP) is 3.85. The van der Waals surface area contributed by atoms with Crippen molar-refractivity contribution in [1.82, 2.24) is 0 Å². The Morgan fingerprint density at radius 1 is 1.09 bits per heavy atom. The first-order valence-electron chi connectivity index (χ1n) is 6.60. The SMILES string of the molecule is CC(=O)Nc1ccc(Cl)c(C(=O)N(C)c2ccc(F)c(F)c2)c1. The quantitative estimate of drug-likeness (QED) is 0.924. The number of hydrogen-bond acceptors (Lipinski definition) is 2. The first-order chi connectivity index (χ1) is 10.8. The number of nitrogens with one attached hydrogen (secondary N) is 1. The molecule has 4 nitrogen and oxygen atoms in total. The van der Waals surface area contributed by atoms with Crippen LogP contribution in [0.25, 0.3) is 0 Å².